The van der Waals surface area contributed by atoms with Crippen LogP contribution < -0.4 is 10.6 Å². The number of aromatic nitrogens is 1. The summed E-state index contributed by atoms with van der Waals surface area (Å²) < 4.78 is 0. The van der Waals surface area contributed by atoms with Crippen molar-refractivity contribution in [3.8, 4) is 0 Å². The van der Waals surface area contributed by atoms with E-state index in [4.69, 9.17) is 11.6 Å². The number of thiazole rings is 1. The average molecular weight is 248 g/mol. The van der Waals surface area contributed by atoms with Crippen LogP contribution in [0, 0.1) is 0 Å². The van der Waals surface area contributed by atoms with Crippen LogP contribution in [0.3, 0.4) is 0 Å². The zero-order valence-corrected chi connectivity index (χ0v) is 9.40. The molecule has 15 heavy (non-hydrogen) atoms. The van der Waals surface area contributed by atoms with Crippen LogP contribution in [0.1, 0.15) is 12.1 Å². The Hall–Kier alpha value is -1.14. The molecule has 0 saturated heterocycles. The quantitative estimate of drug-likeness (QED) is 0.783. The summed E-state index contributed by atoms with van der Waals surface area (Å²) in [6.07, 6.45) is 0.131. The fraction of sp³-hybridized carbons (Fsp3) is 0.375. The van der Waals surface area contributed by atoms with Crippen LogP contribution in [0.25, 0.3) is 0 Å². The third-order valence-corrected chi connectivity index (χ3v) is 2.31. The van der Waals surface area contributed by atoms with E-state index in [2.05, 4.69) is 15.6 Å². The van der Waals surface area contributed by atoms with E-state index in [0.29, 0.717) is 6.54 Å². The van der Waals surface area contributed by atoms with Gasteiger partial charge in [0, 0.05) is 17.7 Å². The molecule has 1 aromatic rings. The van der Waals surface area contributed by atoms with Crippen molar-refractivity contribution in [3.05, 3.63) is 16.6 Å². The number of hydrogen-bond acceptors (Lipinski definition) is 4. The van der Waals surface area contributed by atoms with Gasteiger partial charge in [0.25, 0.3) is 0 Å². The molecule has 0 aliphatic carbocycles. The van der Waals surface area contributed by atoms with Gasteiger partial charge < -0.3 is 5.32 Å². The molecule has 0 saturated carbocycles. The third-order valence-electron chi connectivity index (χ3n) is 1.49. The molecule has 0 bridgehead atoms. The van der Waals surface area contributed by atoms with Crippen LogP contribution in [0.15, 0.2) is 10.9 Å². The zero-order chi connectivity index (χ0) is 11.1. The van der Waals surface area contributed by atoms with Crippen LogP contribution in [-0.4, -0.2) is 22.8 Å². The van der Waals surface area contributed by atoms with E-state index in [9.17, 15) is 9.59 Å². The number of imide groups is 1. The van der Waals surface area contributed by atoms with E-state index in [1.54, 1.807) is 5.51 Å². The first kappa shape index (κ1) is 11.9. The monoisotopic (exact) mass is 247 g/mol. The van der Waals surface area contributed by atoms with Crippen molar-refractivity contribution >= 4 is 34.9 Å². The highest BCUT2D eigenvalue weighted by Crippen LogP contribution is 1.99. The number of carbonyl (C=O) groups excluding carboxylic acids is 2. The molecule has 1 heterocycles. The zero-order valence-electron chi connectivity index (χ0n) is 7.83. The summed E-state index contributed by atoms with van der Waals surface area (Å²) in [4.78, 5) is 26.0. The molecular formula is C8H10ClN3O2S. The predicted molar refractivity (Wildman–Crippen MR) is 57.8 cm³/mol. The van der Waals surface area contributed by atoms with Crippen LogP contribution in [0.4, 0.5) is 4.79 Å². The molecule has 0 radical (unpaired) electrons. The summed E-state index contributed by atoms with van der Waals surface area (Å²) >= 11 is 6.78. The highest BCUT2D eigenvalue weighted by Gasteiger charge is 2.06. The molecule has 0 fully saturated rings. The van der Waals surface area contributed by atoms with Crippen molar-refractivity contribution in [3.63, 3.8) is 0 Å². The molecule has 5 nitrogen and oxygen atoms in total. The molecule has 2 N–H and O–H groups in total. The van der Waals surface area contributed by atoms with Gasteiger partial charge in [0.05, 0.1) is 17.7 Å². The van der Waals surface area contributed by atoms with Gasteiger partial charge in [-0.1, -0.05) is 0 Å². The van der Waals surface area contributed by atoms with Crippen LogP contribution in [0.2, 0.25) is 0 Å². The minimum Gasteiger partial charge on any atom is -0.332 e. The summed E-state index contributed by atoms with van der Waals surface area (Å²) in [5, 5.41) is 6.47. The molecule has 1 rings (SSSR count). The predicted octanol–water partition coefficient (Wildman–Crippen LogP) is 1.10. The highest BCUT2D eigenvalue weighted by atomic mass is 35.5. The Kier molecular flexibility index (Phi) is 5.06. The first-order valence-electron chi connectivity index (χ1n) is 4.23. The van der Waals surface area contributed by atoms with Gasteiger partial charge in [-0.05, 0) is 0 Å². The molecular weight excluding hydrogens is 238 g/mol. The van der Waals surface area contributed by atoms with Crippen molar-refractivity contribution < 1.29 is 9.59 Å². The van der Waals surface area contributed by atoms with Gasteiger partial charge in [0.2, 0.25) is 5.91 Å². The van der Waals surface area contributed by atoms with E-state index in [1.165, 1.54) is 11.3 Å². The molecule has 0 aliphatic heterocycles. The second-order valence-electron chi connectivity index (χ2n) is 2.65. The maximum absolute atomic E-state index is 11.1. The van der Waals surface area contributed by atoms with E-state index in [-0.39, 0.29) is 18.2 Å². The molecule has 82 valence electrons. The van der Waals surface area contributed by atoms with Gasteiger partial charge in [-0.15, -0.1) is 22.9 Å². The number of amides is 3. The molecule has 0 unspecified atom stereocenters. The van der Waals surface area contributed by atoms with Gasteiger partial charge >= 0.3 is 6.03 Å². The molecule has 3 amide bonds. The van der Waals surface area contributed by atoms with Crippen molar-refractivity contribution in [2.45, 2.75) is 13.0 Å². The summed E-state index contributed by atoms with van der Waals surface area (Å²) in [6.45, 7) is 0.309. The van der Waals surface area contributed by atoms with Crippen molar-refractivity contribution in [2.24, 2.45) is 0 Å². The molecule has 0 atom stereocenters. The fourth-order valence-corrected chi connectivity index (χ4v) is 1.54. The topological polar surface area (TPSA) is 71.1 Å². The number of carbonyl (C=O) groups is 2. The summed E-state index contributed by atoms with van der Waals surface area (Å²) in [7, 11) is 0. The average Bonchev–Trinajstić information content (AvgIpc) is 2.67. The van der Waals surface area contributed by atoms with Crippen LogP contribution >= 0.6 is 22.9 Å². The standard InChI is InChI=1S/C8H10ClN3O2S/c9-2-1-7(13)12-8(14)10-3-6-4-15-5-11-6/h4-5H,1-3H2,(H2,10,12,13,14). The SMILES string of the molecule is O=C(CCCl)NC(=O)NCc1cscn1. The second kappa shape index (κ2) is 6.36. The fourth-order valence-electron chi connectivity index (χ4n) is 0.815. The third kappa shape index (κ3) is 4.75. The number of nitrogens with zero attached hydrogens (tertiary/aromatic N) is 1. The Labute approximate surface area is 95.8 Å². The Bertz CT molecular complexity index is 329. The number of hydrogen-bond donors (Lipinski definition) is 2. The van der Waals surface area contributed by atoms with Crippen molar-refractivity contribution in [1.29, 1.82) is 0 Å². The molecule has 0 aliphatic rings. The minimum atomic E-state index is -0.530. The van der Waals surface area contributed by atoms with Gasteiger partial charge in [0.15, 0.2) is 0 Å². The van der Waals surface area contributed by atoms with Gasteiger partial charge in [-0.25, -0.2) is 9.78 Å². The number of alkyl halides is 1. The Morgan fingerprint density at radius 2 is 2.33 bits per heavy atom. The lowest BCUT2D eigenvalue weighted by atomic mass is 10.4. The van der Waals surface area contributed by atoms with Crippen molar-refractivity contribution in [1.82, 2.24) is 15.6 Å². The highest BCUT2D eigenvalue weighted by molar-refractivity contribution is 7.07. The summed E-state index contributed by atoms with van der Waals surface area (Å²) in [6, 6.07) is -0.530. The Morgan fingerprint density at radius 3 is 2.93 bits per heavy atom. The number of nitrogens with one attached hydrogen (secondary N) is 2. The maximum Gasteiger partial charge on any atom is 0.321 e. The summed E-state index contributed by atoms with van der Waals surface area (Å²) in [5.41, 5.74) is 2.44. The van der Waals surface area contributed by atoms with E-state index >= 15 is 0 Å². The first-order valence-corrected chi connectivity index (χ1v) is 5.71. The molecule has 1 aromatic heterocycles. The first-order chi connectivity index (χ1) is 7.22. The maximum atomic E-state index is 11.1. The van der Waals surface area contributed by atoms with Gasteiger partial charge in [-0.3, -0.25) is 10.1 Å². The molecule has 7 heteroatoms. The van der Waals surface area contributed by atoms with Gasteiger partial charge in [-0.2, -0.15) is 0 Å². The molecule has 0 spiro atoms. The second-order valence-corrected chi connectivity index (χ2v) is 3.75. The number of urea groups is 1. The minimum absolute atomic E-state index is 0.131. The lowest BCUT2D eigenvalue weighted by molar-refractivity contribution is -0.119. The lowest BCUT2D eigenvalue weighted by Crippen LogP contribution is -2.39. The number of halogens is 1. The van der Waals surface area contributed by atoms with Crippen molar-refractivity contribution in [2.75, 3.05) is 5.88 Å². The Morgan fingerprint density at radius 1 is 1.53 bits per heavy atom. The Balaban J connectivity index is 2.22. The van der Waals surface area contributed by atoms with Gasteiger partial charge in [0.1, 0.15) is 0 Å². The van der Waals surface area contributed by atoms with Crippen LogP contribution in [0.5, 0.6) is 0 Å². The van der Waals surface area contributed by atoms with E-state index < -0.39 is 6.03 Å². The van der Waals surface area contributed by atoms with E-state index in [0.717, 1.165) is 5.69 Å². The molecule has 0 aromatic carbocycles. The van der Waals surface area contributed by atoms with Crippen LogP contribution in [-0.2, 0) is 11.3 Å². The smallest absolute Gasteiger partial charge is 0.321 e. The normalized spacial score (nSPS) is 9.67. The number of rotatable bonds is 4. The van der Waals surface area contributed by atoms with E-state index in [1.807, 2.05) is 5.38 Å². The largest absolute Gasteiger partial charge is 0.332 e. The lowest BCUT2D eigenvalue weighted by Gasteiger charge is -2.03. The summed E-state index contributed by atoms with van der Waals surface area (Å²) in [5.74, 6) is -0.189.